The van der Waals surface area contributed by atoms with Crippen molar-refractivity contribution in [1.82, 2.24) is 0 Å². The number of nitriles is 1. The number of rotatable bonds is 3. The Hall–Kier alpha value is -1.18. The normalized spacial score (nSPS) is 9.62. The molecule has 1 aromatic rings. The van der Waals surface area contributed by atoms with Gasteiger partial charge in [0.15, 0.2) is 0 Å². The highest BCUT2D eigenvalue weighted by atomic mass is 35.5. The number of thiol groups is 1. The SMILES string of the molecule is COC(=O)Cc1c(S)ccc(CCl)c1C#N. The van der Waals surface area contributed by atoms with Crippen LogP contribution in [-0.4, -0.2) is 13.1 Å². The first-order chi connectivity index (χ1) is 7.63. The summed E-state index contributed by atoms with van der Waals surface area (Å²) in [6.07, 6.45) is 0.0307. The van der Waals surface area contributed by atoms with Crippen LogP contribution in [0.5, 0.6) is 0 Å². The third-order valence-corrected chi connectivity index (χ3v) is 2.89. The Kier molecular flexibility index (Phi) is 4.66. The van der Waals surface area contributed by atoms with Crippen LogP contribution >= 0.6 is 24.2 Å². The van der Waals surface area contributed by atoms with E-state index in [1.165, 1.54) is 7.11 Å². The average molecular weight is 256 g/mol. The van der Waals surface area contributed by atoms with E-state index in [2.05, 4.69) is 17.4 Å². The second-order valence-electron chi connectivity index (χ2n) is 3.10. The van der Waals surface area contributed by atoms with Crippen molar-refractivity contribution in [2.24, 2.45) is 0 Å². The molecule has 0 fully saturated rings. The summed E-state index contributed by atoms with van der Waals surface area (Å²) in [5.74, 6) is -0.177. The topological polar surface area (TPSA) is 50.1 Å². The molecule has 0 radical (unpaired) electrons. The van der Waals surface area contributed by atoms with Crippen LogP contribution in [-0.2, 0) is 21.8 Å². The van der Waals surface area contributed by atoms with Crippen LogP contribution in [0.3, 0.4) is 0 Å². The lowest BCUT2D eigenvalue weighted by atomic mass is 10.0. The highest BCUT2D eigenvalue weighted by Gasteiger charge is 2.14. The molecule has 5 heteroatoms. The van der Waals surface area contributed by atoms with Crippen molar-refractivity contribution in [2.75, 3.05) is 7.11 Å². The van der Waals surface area contributed by atoms with Crippen molar-refractivity contribution in [3.63, 3.8) is 0 Å². The van der Waals surface area contributed by atoms with Gasteiger partial charge in [0, 0.05) is 10.8 Å². The van der Waals surface area contributed by atoms with Crippen LogP contribution in [0.25, 0.3) is 0 Å². The Morgan fingerprint density at radius 3 is 2.81 bits per heavy atom. The van der Waals surface area contributed by atoms with Gasteiger partial charge in [-0.1, -0.05) is 6.07 Å². The molecule has 0 N–H and O–H groups in total. The van der Waals surface area contributed by atoms with Gasteiger partial charge < -0.3 is 4.74 Å². The summed E-state index contributed by atoms with van der Waals surface area (Å²) >= 11 is 9.93. The molecule has 0 saturated carbocycles. The van der Waals surface area contributed by atoms with Gasteiger partial charge in [-0.05, 0) is 17.2 Å². The Morgan fingerprint density at radius 1 is 1.62 bits per heavy atom. The van der Waals surface area contributed by atoms with E-state index < -0.39 is 5.97 Å². The predicted molar refractivity (Wildman–Crippen MR) is 63.7 cm³/mol. The number of halogens is 1. The molecule has 1 rings (SSSR count). The van der Waals surface area contributed by atoms with Crippen molar-refractivity contribution in [2.45, 2.75) is 17.2 Å². The van der Waals surface area contributed by atoms with Crippen molar-refractivity contribution in [3.05, 3.63) is 28.8 Å². The molecule has 0 aliphatic heterocycles. The summed E-state index contributed by atoms with van der Waals surface area (Å²) in [4.78, 5) is 11.8. The Labute approximate surface area is 104 Å². The number of benzene rings is 1. The number of esters is 1. The third-order valence-electron chi connectivity index (χ3n) is 2.18. The van der Waals surface area contributed by atoms with Crippen LogP contribution in [0.1, 0.15) is 16.7 Å². The highest BCUT2D eigenvalue weighted by Crippen LogP contribution is 2.23. The molecule has 0 aliphatic carbocycles. The summed E-state index contributed by atoms with van der Waals surface area (Å²) in [6.45, 7) is 0. The zero-order valence-corrected chi connectivity index (χ0v) is 10.3. The zero-order chi connectivity index (χ0) is 12.1. The van der Waals surface area contributed by atoms with Crippen molar-refractivity contribution >= 4 is 30.2 Å². The third kappa shape index (κ3) is 2.69. The fraction of sp³-hybridized carbons (Fsp3) is 0.273. The second kappa shape index (κ2) is 5.78. The van der Waals surface area contributed by atoms with Crippen molar-refractivity contribution < 1.29 is 9.53 Å². The van der Waals surface area contributed by atoms with Crippen LogP contribution < -0.4 is 0 Å². The summed E-state index contributed by atoms with van der Waals surface area (Å²) in [5, 5.41) is 9.05. The molecule has 0 aromatic heterocycles. The molecule has 84 valence electrons. The van der Waals surface area contributed by atoms with Gasteiger partial charge in [-0.15, -0.1) is 24.2 Å². The molecule has 0 amide bonds. The first-order valence-corrected chi connectivity index (χ1v) is 5.48. The van der Waals surface area contributed by atoms with Gasteiger partial charge in [0.2, 0.25) is 0 Å². The number of carbonyl (C=O) groups excluding carboxylic acids is 1. The summed E-state index contributed by atoms with van der Waals surface area (Å²) < 4.78 is 4.57. The summed E-state index contributed by atoms with van der Waals surface area (Å²) in [6, 6.07) is 5.50. The molecule has 3 nitrogen and oxygen atoms in total. The Bertz CT molecular complexity index is 454. The minimum absolute atomic E-state index is 0.0307. The molecule has 0 atom stereocenters. The molecule has 0 heterocycles. The molecule has 0 unspecified atom stereocenters. The van der Waals surface area contributed by atoms with Gasteiger partial charge in [0.1, 0.15) is 0 Å². The quantitative estimate of drug-likeness (QED) is 0.512. The standard InChI is InChI=1S/C11H10ClNO2S/c1-15-11(14)4-8-9(6-13)7(5-12)2-3-10(8)16/h2-3,16H,4-5H2,1H3. The maximum absolute atomic E-state index is 11.2. The number of hydrogen-bond acceptors (Lipinski definition) is 4. The molecular weight excluding hydrogens is 246 g/mol. The maximum Gasteiger partial charge on any atom is 0.310 e. The number of nitrogens with zero attached hydrogens (tertiary/aromatic N) is 1. The predicted octanol–water partition coefficient (Wildman–Crippen LogP) is 2.30. The first-order valence-electron chi connectivity index (χ1n) is 4.50. The maximum atomic E-state index is 11.2. The highest BCUT2D eigenvalue weighted by molar-refractivity contribution is 7.80. The van der Waals surface area contributed by atoms with Gasteiger partial charge >= 0.3 is 5.97 Å². The van der Waals surface area contributed by atoms with Crippen molar-refractivity contribution in [1.29, 1.82) is 5.26 Å². The van der Waals surface area contributed by atoms with E-state index >= 15 is 0 Å². The molecule has 0 bridgehead atoms. The van der Waals surface area contributed by atoms with E-state index in [-0.39, 0.29) is 12.3 Å². The number of carbonyl (C=O) groups is 1. The van der Waals surface area contributed by atoms with Crippen LogP contribution in [0.2, 0.25) is 0 Å². The van der Waals surface area contributed by atoms with Crippen LogP contribution in [0.15, 0.2) is 17.0 Å². The Morgan fingerprint density at radius 2 is 2.31 bits per heavy atom. The Balaban J connectivity index is 3.25. The van der Waals surface area contributed by atoms with E-state index in [4.69, 9.17) is 16.9 Å². The van der Waals surface area contributed by atoms with Gasteiger partial charge in [0.05, 0.1) is 25.2 Å². The average Bonchev–Trinajstić information content (AvgIpc) is 2.31. The van der Waals surface area contributed by atoms with Gasteiger partial charge in [-0.3, -0.25) is 4.79 Å². The monoisotopic (exact) mass is 255 g/mol. The number of hydrogen-bond donors (Lipinski definition) is 1. The van der Waals surface area contributed by atoms with E-state index in [0.717, 1.165) is 0 Å². The van der Waals surface area contributed by atoms with E-state index in [1.54, 1.807) is 12.1 Å². The molecular formula is C11H10ClNO2S. The minimum Gasteiger partial charge on any atom is -0.469 e. The number of alkyl halides is 1. The zero-order valence-electron chi connectivity index (χ0n) is 8.66. The smallest absolute Gasteiger partial charge is 0.310 e. The summed E-state index contributed by atoms with van der Waals surface area (Å²) in [5.41, 5.74) is 1.67. The number of methoxy groups -OCH3 is 1. The number of ether oxygens (including phenoxy) is 1. The van der Waals surface area contributed by atoms with E-state index in [0.29, 0.717) is 21.6 Å². The van der Waals surface area contributed by atoms with Gasteiger partial charge in [-0.25, -0.2) is 0 Å². The van der Waals surface area contributed by atoms with Crippen molar-refractivity contribution in [3.8, 4) is 6.07 Å². The van der Waals surface area contributed by atoms with Crippen LogP contribution in [0.4, 0.5) is 0 Å². The van der Waals surface area contributed by atoms with Crippen LogP contribution in [0, 0.1) is 11.3 Å². The first kappa shape index (κ1) is 12.9. The fourth-order valence-electron chi connectivity index (χ4n) is 1.33. The molecule has 0 aliphatic rings. The largest absolute Gasteiger partial charge is 0.469 e. The molecule has 0 saturated heterocycles. The molecule has 1 aromatic carbocycles. The van der Waals surface area contributed by atoms with E-state index in [9.17, 15) is 4.79 Å². The minimum atomic E-state index is -0.404. The van der Waals surface area contributed by atoms with Gasteiger partial charge in [-0.2, -0.15) is 5.26 Å². The van der Waals surface area contributed by atoms with Gasteiger partial charge in [0.25, 0.3) is 0 Å². The lowest BCUT2D eigenvalue weighted by molar-refractivity contribution is -0.139. The molecule has 0 spiro atoms. The van der Waals surface area contributed by atoms with E-state index in [1.807, 2.05) is 6.07 Å². The lowest BCUT2D eigenvalue weighted by Crippen LogP contribution is -2.08. The molecule has 16 heavy (non-hydrogen) atoms. The lowest BCUT2D eigenvalue weighted by Gasteiger charge is -2.09. The fourth-order valence-corrected chi connectivity index (χ4v) is 1.82. The summed E-state index contributed by atoms with van der Waals surface area (Å²) in [7, 11) is 1.30. The second-order valence-corrected chi connectivity index (χ2v) is 3.84.